The maximum atomic E-state index is 10.6. The van der Waals surface area contributed by atoms with Gasteiger partial charge in [0.2, 0.25) is 0 Å². The highest BCUT2D eigenvalue weighted by atomic mass is 16.3. The molecule has 30 heavy (non-hydrogen) atoms. The van der Waals surface area contributed by atoms with Crippen molar-refractivity contribution in [3.05, 3.63) is 35.4 Å². The number of benzene rings is 1. The summed E-state index contributed by atoms with van der Waals surface area (Å²) in [5.74, 6) is 0.855. The number of guanidine groups is 1. The molecule has 4 rings (SSSR count). The van der Waals surface area contributed by atoms with Crippen LogP contribution >= 0.6 is 0 Å². The first-order valence-corrected chi connectivity index (χ1v) is 11.9. The Morgan fingerprint density at radius 1 is 1.20 bits per heavy atom. The van der Waals surface area contributed by atoms with Crippen LogP contribution in [0.25, 0.3) is 0 Å². The van der Waals surface area contributed by atoms with Crippen LogP contribution < -0.4 is 10.6 Å². The van der Waals surface area contributed by atoms with E-state index < -0.39 is 6.10 Å². The van der Waals surface area contributed by atoms with Crippen molar-refractivity contribution >= 4 is 5.96 Å². The second kappa shape index (κ2) is 10.1. The van der Waals surface area contributed by atoms with Gasteiger partial charge < -0.3 is 20.6 Å². The smallest absolute Gasteiger partial charge is 0.191 e. The van der Waals surface area contributed by atoms with Crippen molar-refractivity contribution in [1.82, 2.24) is 20.4 Å². The summed E-state index contributed by atoms with van der Waals surface area (Å²) in [6, 6.07) is 10.5. The van der Waals surface area contributed by atoms with Crippen molar-refractivity contribution in [2.24, 2.45) is 4.99 Å². The van der Waals surface area contributed by atoms with Crippen LogP contribution in [0.4, 0.5) is 0 Å². The van der Waals surface area contributed by atoms with E-state index in [9.17, 15) is 5.11 Å². The fourth-order valence-electron chi connectivity index (χ4n) is 5.51. The van der Waals surface area contributed by atoms with Gasteiger partial charge in [-0.15, -0.1) is 0 Å². The molecule has 3 aliphatic rings. The average Bonchev–Trinajstić information content (AvgIpc) is 2.73. The maximum Gasteiger partial charge on any atom is 0.191 e. The molecule has 166 valence electrons. The topological polar surface area (TPSA) is 63.1 Å². The van der Waals surface area contributed by atoms with Crippen LogP contribution in [0.5, 0.6) is 0 Å². The van der Waals surface area contributed by atoms with Gasteiger partial charge in [0.05, 0.1) is 12.6 Å². The van der Waals surface area contributed by atoms with Gasteiger partial charge in [0, 0.05) is 44.3 Å². The van der Waals surface area contributed by atoms with E-state index in [1.807, 2.05) is 0 Å². The Labute approximate surface area is 181 Å². The molecule has 3 atom stereocenters. The van der Waals surface area contributed by atoms with Crippen LogP contribution in [-0.2, 0) is 13.0 Å². The van der Waals surface area contributed by atoms with Crippen LogP contribution in [0, 0.1) is 0 Å². The Balaban J connectivity index is 1.28. The van der Waals surface area contributed by atoms with E-state index in [0.29, 0.717) is 31.2 Å². The van der Waals surface area contributed by atoms with Crippen LogP contribution in [0.15, 0.2) is 29.3 Å². The number of fused-ring (bicyclic) bond motifs is 3. The molecule has 6 nitrogen and oxygen atoms in total. The predicted molar refractivity (Wildman–Crippen MR) is 123 cm³/mol. The molecule has 0 aromatic heterocycles. The second-order valence-electron chi connectivity index (χ2n) is 9.34. The molecular weight excluding hydrogens is 374 g/mol. The maximum absolute atomic E-state index is 10.6. The van der Waals surface area contributed by atoms with Crippen LogP contribution in [0.3, 0.4) is 0 Å². The Morgan fingerprint density at radius 2 is 1.93 bits per heavy atom. The summed E-state index contributed by atoms with van der Waals surface area (Å²) in [6.07, 6.45) is 7.00. The molecule has 0 radical (unpaired) electrons. The van der Waals surface area contributed by atoms with Gasteiger partial charge in [0.25, 0.3) is 0 Å². The number of aliphatic imine (C=N–C) groups is 1. The molecule has 2 saturated heterocycles. The number of hydrogen-bond acceptors (Lipinski definition) is 4. The number of hydrogen-bond donors (Lipinski definition) is 3. The molecule has 3 heterocycles. The minimum absolute atomic E-state index is 0.437. The molecule has 2 bridgehead atoms. The van der Waals surface area contributed by atoms with Gasteiger partial charge in [0.15, 0.2) is 5.96 Å². The van der Waals surface area contributed by atoms with Gasteiger partial charge in [-0.25, -0.2) is 0 Å². The molecule has 2 fully saturated rings. The van der Waals surface area contributed by atoms with Gasteiger partial charge in [-0.3, -0.25) is 9.89 Å². The molecule has 6 heteroatoms. The van der Waals surface area contributed by atoms with Gasteiger partial charge >= 0.3 is 0 Å². The van der Waals surface area contributed by atoms with Gasteiger partial charge in [-0.05, 0) is 57.2 Å². The Kier molecular flexibility index (Phi) is 7.28. The number of β-amino-alcohol motifs (C(OH)–C–C–N with tert-alkyl or cyclic N) is 1. The average molecular weight is 414 g/mol. The zero-order valence-corrected chi connectivity index (χ0v) is 18.7. The van der Waals surface area contributed by atoms with E-state index in [1.54, 1.807) is 0 Å². The molecule has 1 aromatic rings. The lowest BCUT2D eigenvalue weighted by Crippen LogP contribution is -2.56. The molecule has 3 N–H and O–H groups in total. The monoisotopic (exact) mass is 413 g/mol. The lowest BCUT2D eigenvalue weighted by molar-refractivity contribution is 0.0526. The van der Waals surface area contributed by atoms with Crippen molar-refractivity contribution in [3.8, 4) is 0 Å². The minimum Gasteiger partial charge on any atom is -0.390 e. The zero-order valence-electron chi connectivity index (χ0n) is 18.7. The Morgan fingerprint density at radius 3 is 2.67 bits per heavy atom. The standard InChI is InChI=1S/C24H39N5O/c1-3-25-24(27-20-13-21-9-6-10-22(14-20)28(21)2)26-15-23(30)17-29-12-11-18-7-4-5-8-19(18)16-29/h4-5,7-8,20-23,30H,3,6,9-17H2,1-2H3,(H2,25,26,27). The number of piperidine rings is 2. The van der Waals surface area contributed by atoms with E-state index in [2.05, 4.69) is 58.7 Å². The Bertz CT molecular complexity index is 709. The van der Waals surface area contributed by atoms with Crippen LogP contribution in [-0.4, -0.2) is 78.3 Å². The molecule has 0 amide bonds. The van der Waals surface area contributed by atoms with E-state index >= 15 is 0 Å². The van der Waals surface area contributed by atoms with Crippen molar-refractivity contribution in [1.29, 1.82) is 0 Å². The molecule has 0 spiro atoms. The van der Waals surface area contributed by atoms with E-state index in [0.717, 1.165) is 32.0 Å². The first kappa shape index (κ1) is 21.6. The summed E-state index contributed by atoms with van der Waals surface area (Å²) < 4.78 is 0. The number of aliphatic hydroxyl groups is 1. The van der Waals surface area contributed by atoms with Crippen molar-refractivity contribution in [2.45, 2.75) is 76.2 Å². The summed E-state index contributed by atoms with van der Waals surface area (Å²) in [7, 11) is 2.29. The molecule has 0 aliphatic carbocycles. The minimum atomic E-state index is -0.442. The largest absolute Gasteiger partial charge is 0.390 e. The highest BCUT2D eigenvalue weighted by Crippen LogP contribution is 2.32. The molecular formula is C24H39N5O. The third-order valence-corrected chi connectivity index (χ3v) is 7.16. The summed E-state index contributed by atoms with van der Waals surface area (Å²) in [5.41, 5.74) is 2.84. The van der Waals surface area contributed by atoms with E-state index in [-0.39, 0.29) is 0 Å². The lowest BCUT2D eigenvalue weighted by atomic mass is 9.82. The van der Waals surface area contributed by atoms with Gasteiger partial charge in [-0.1, -0.05) is 30.7 Å². The quantitative estimate of drug-likeness (QED) is 0.492. The second-order valence-corrected chi connectivity index (χ2v) is 9.34. The van der Waals surface area contributed by atoms with Crippen molar-refractivity contribution in [3.63, 3.8) is 0 Å². The first-order valence-electron chi connectivity index (χ1n) is 11.9. The molecule has 3 unspecified atom stereocenters. The number of aliphatic hydroxyl groups excluding tert-OH is 1. The van der Waals surface area contributed by atoms with E-state index in [4.69, 9.17) is 4.99 Å². The number of nitrogens with one attached hydrogen (secondary N) is 2. The van der Waals surface area contributed by atoms with Crippen molar-refractivity contribution < 1.29 is 5.11 Å². The first-order chi connectivity index (χ1) is 14.6. The lowest BCUT2D eigenvalue weighted by Gasteiger charge is -2.47. The zero-order chi connectivity index (χ0) is 20.9. The number of rotatable bonds is 6. The number of nitrogens with zero attached hydrogens (tertiary/aromatic N) is 3. The summed E-state index contributed by atoms with van der Waals surface area (Å²) in [6.45, 7) is 5.98. The molecule has 1 aromatic carbocycles. The summed E-state index contributed by atoms with van der Waals surface area (Å²) in [5, 5.41) is 17.7. The highest BCUT2D eigenvalue weighted by Gasteiger charge is 2.36. The third kappa shape index (κ3) is 5.34. The Hall–Kier alpha value is -1.63. The summed E-state index contributed by atoms with van der Waals surface area (Å²) in [4.78, 5) is 9.67. The SMILES string of the molecule is CCNC(=NCC(O)CN1CCc2ccccc2C1)NC1CC2CCCC(C1)N2C. The fourth-order valence-corrected chi connectivity index (χ4v) is 5.51. The van der Waals surface area contributed by atoms with Crippen LogP contribution in [0.1, 0.15) is 50.2 Å². The predicted octanol–water partition coefficient (Wildman–Crippen LogP) is 1.98. The fraction of sp³-hybridized carbons (Fsp3) is 0.708. The van der Waals surface area contributed by atoms with Crippen LogP contribution in [0.2, 0.25) is 0 Å². The van der Waals surface area contributed by atoms with Gasteiger partial charge in [0.1, 0.15) is 0 Å². The van der Waals surface area contributed by atoms with Gasteiger partial charge in [-0.2, -0.15) is 0 Å². The molecule has 0 saturated carbocycles. The highest BCUT2D eigenvalue weighted by molar-refractivity contribution is 5.80. The van der Waals surface area contributed by atoms with Crippen molar-refractivity contribution in [2.75, 3.05) is 33.2 Å². The summed E-state index contributed by atoms with van der Waals surface area (Å²) >= 11 is 0. The van der Waals surface area contributed by atoms with E-state index in [1.165, 1.54) is 43.2 Å². The third-order valence-electron chi connectivity index (χ3n) is 7.16. The molecule has 3 aliphatic heterocycles. The normalized spacial score (nSPS) is 28.6.